The summed E-state index contributed by atoms with van der Waals surface area (Å²) in [6.07, 6.45) is 1.54. The highest BCUT2D eigenvalue weighted by molar-refractivity contribution is 7.89. The lowest BCUT2D eigenvalue weighted by Gasteiger charge is -2.18. The molecule has 0 radical (unpaired) electrons. The Morgan fingerprint density at radius 3 is 2.74 bits per heavy atom. The lowest BCUT2D eigenvalue weighted by atomic mass is 10.2. The molecule has 0 aromatic heterocycles. The highest BCUT2D eigenvalue weighted by Crippen LogP contribution is 2.23. The van der Waals surface area contributed by atoms with Crippen LogP contribution in [0, 0.1) is 0 Å². The van der Waals surface area contributed by atoms with Crippen molar-refractivity contribution in [2.45, 2.75) is 30.7 Å². The van der Waals surface area contributed by atoms with Crippen LogP contribution in [-0.4, -0.2) is 28.2 Å². The molecule has 0 amide bonds. The molecule has 0 spiro atoms. The molecular formula is C12H19ClN2O3S. The van der Waals surface area contributed by atoms with Crippen LogP contribution in [0.4, 0.5) is 5.69 Å². The quantitative estimate of drug-likeness (QED) is 0.755. The van der Waals surface area contributed by atoms with Crippen LogP contribution in [-0.2, 0) is 14.8 Å². The van der Waals surface area contributed by atoms with Crippen molar-refractivity contribution in [2.24, 2.45) is 0 Å². The summed E-state index contributed by atoms with van der Waals surface area (Å²) >= 11 is 5.81. The zero-order chi connectivity index (χ0) is 14.5. The largest absolute Gasteiger partial charge is 0.398 e. The third-order valence-corrected chi connectivity index (χ3v) is 4.40. The van der Waals surface area contributed by atoms with Crippen LogP contribution in [0.15, 0.2) is 23.1 Å². The van der Waals surface area contributed by atoms with Gasteiger partial charge in [-0.15, -0.1) is 0 Å². The Morgan fingerprint density at radius 1 is 1.47 bits per heavy atom. The first-order valence-electron chi connectivity index (χ1n) is 5.97. The fraction of sp³-hybridized carbons (Fsp3) is 0.500. The summed E-state index contributed by atoms with van der Waals surface area (Å²) in [6.45, 7) is 2.29. The zero-order valence-electron chi connectivity index (χ0n) is 11.0. The van der Waals surface area contributed by atoms with Gasteiger partial charge in [-0.3, -0.25) is 0 Å². The monoisotopic (exact) mass is 306 g/mol. The topological polar surface area (TPSA) is 81.4 Å². The first-order chi connectivity index (χ1) is 8.90. The minimum absolute atomic E-state index is 0.00259. The number of anilines is 1. The predicted octanol–water partition coefficient (Wildman–Crippen LogP) is 2.02. The summed E-state index contributed by atoms with van der Waals surface area (Å²) in [4.78, 5) is -0.00259. The molecule has 0 aliphatic carbocycles. The van der Waals surface area contributed by atoms with Crippen molar-refractivity contribution in [3.05, 3.63) is 23.2 Å². The first kappa shape index (κ1) is 16.2. The number of hydrogen-bond donors (Lipinski definition) is 2. The number of benzene rings is 1. The van der Waals surface area contributed by atoms with E-state index in [9.17, 15) is 8.42 Å². The molecule has 0 heterocycles. The smallest absolute Gasteiger partial charge is 0.242 e. The first-order valence-corrected chi connectivity index (χ1v) is 7.83. The molecule has 0 bridgehead atoms. The van der Waals surface area contributed by atoms with Crippen LogP contribution in [0.1, 0.15) is 19.8 Å². The van der Waals surface area contributed by atoms with Gasteiger partial charge < -0.3 is 10.5 Å². The summed E-state index contributed by atoms with van der Waals surface area (Å²) in [5.74, 6) is 0. The van der Waals surface area contributed by atoms with Gasteiger partial charge in [0.05, 0.1) is 12.3 Å². The van der Waals surface area contributed by atoms with Crippen molar-refractivity contribution in [3.63, 3.8) is 0 Å². The number of sulfonamides is 1. The molecule has 1 aromatic rings. The number of ether oxygens (including phenoxy) is 1. The van der Waals surface area contributed by atoms with E-state index in [1.54, 1.807) is 6.07 Å². The van der Waals surface area contributed by atoms with Crippen molar-refractivity contribution in [2.75, 3.05) is 19.5 Å². The van der Waals surface area contributed by atoms with E-state index in [4.69, 9.17) is 22.1 Å². The molecular weight excluding hydrogens is 288 g/mol. The van der Waals surface area contributed by atoms with Gasteiger partial charge in [-0.2, -0.15) is 0 Å². The number of halogens is 1. The zero-order valence-corrected chi connectivity index (χ0v) is 12.6. The van der Waals surface area contributed by atoms with Crippen LogP contribution < -0.4 is 10.5 Å². The van der Waals surface area contributed by atoms with Crippen LogP contribution in [0.2, 0.25) is 5.02 Å². The number of methoxy groups -OCH3 is 1. The van der Waals surface area contributed by atoms with E-state index < -0.39 is 10.0 Å². The van der Waals surface area contributed by atoms with Gasteiger partial charge in [0.1, 0.15) is 4.90 Å². The molecule has 0 saturated carbocycles. The van der Waals surface area contributed by atoms with Crippen molar-refractivity contribution in [3.8, 4) is 0 Å². The van der Waals surface area contributed by atoms with E-state index in [1.807, 2.05) is 6.92 Å². The lowest BCUT2D eigenvalue weighted by Crippen LogP contribution is -2.38. The van der Waals surface area contributed by atoms with Crippen molar-refractivity contribution in [1.82, 2.24) is 4.72 Å². The summed E-state index contributed by atoms with van der Waals surface area (Å²) in [7, 11) is -2.16. The summed E-state index contributed by atoms with van der Waals surface area (Å²) in [5.41, 5.74) is 5.86. The van der Waals surface area contributed by atoms with Crippen molar-refractivity contribution in [1.29, 1.82) is 0 Å². The molecule has 7 heteroatoms. The summed E-state index contributed by atoms with van der Waals surface area (Å²) < 4.78 is 32.1. The molecule has 0 aliphatic heterocycles. The van der Waals surface area contributed by atoms with Gasteiger partial charge in [-0.25, -0.2) is 13.1 Å². The number of nitrogens with two attached hydrogens (primary N) is 1. The van der Waals surface area contributed by atoms with E-state index in [0.717, 1.165) is 6.42 Å². The molecule has 19 heavy (non-hydrogen) atoms. The average Bonchev–Trinajstić information content (AvgIpc) is 2.32. The lowest BCUT2D eigenvalue weighted by molar-refractivity contribution is 0.171. The number of rotatable bonds is 7. The Bertz CT molecular complexity index is 514. The molecule has 108 valence electrons. The Hall–Kier alpha value is -0.820. The molecule has 5 nitrogen and oxygen atoms in total. The number of nitrogens with one attached hydrogen (secondary N) is 1. The second-order valence-corrected chi connectivity index (χ2v) is 6.36. The van der Waals surface area contributed by atoms with Gasteiger partial charge in [-0.05, 0) is 24.6 Å². The van der Waals surface area contributed by atoms with Gasteiger partial charge >= 0.3 is 0 Å². The second kappa shape index (κ2) is 7.09. The number of nitrogen functional groups attached to an aromatic ring is 1. The minimum atomic E-state index is -3.70. The number of hydrogen-bond acceptors (Lipinski definition) is 4. The van der Waals surface area contributed by atoms with E-state index >= 15 is 0 Å². The molecule has 0 saturated heterocycles. The van der Waals surface area contributed by atoms with Crippen LogP contribution in [0.5, 0.6) is 0 Å². The second-order valence-electron chi connectivity index (χ2n) is 4.24. The highest BCUT2D eigenvalue weighted by atomic mass is 35.5. The van der Waals surface area contributed by atoms with Crippen molar-refractivity contribution >= 4 is 27.3 Å². The highest BCUT2D eigenvalue weighted by Gasteiger charge is 2.22. The van der Waals surface area contributed by atoms with Crippen molar-refractivity contribution < 1.29 is 13.2 Å². The normalized spacial score (nSPS) is 13.4. The van der Waals surface area contributed by atoms with E-state index in [1.165, 1.54) is 19.2 Å². The van der Waals surface area contributed by atoms with Gasteiger partial charge in [0, 0.05) is 18.2 Å². The molecule has 0 aliphatic rings. The molecule has 1 rings (SSSR count). The molecule has 1 unspecified atom stereocenters. The fourth-order valence-corrected chi connectivity index (χ4v) is 3.40. The standard InChI is InChI=1S/C12H19ClN2O3S/c1-3-4-10(8-18-2)15-19(16,17)12-7-9(13)5-6-11(12)14/h5-7,10,15H,3-4,8,14H2,1-2H3. The maximum atomic E-state index is 12.3. The SMILES string of the molecule is CCCC(COC)NS(=O)(=O)c1cc(Cl)ccc1N. The molecule has 3 N–H and O–H groups in total. The minimum Gasteiger partial charge on any atom is -0.398 e. The maximum absolute atomic E-state index is 12.3. The molecule has 1 aromatic carbocycles. The average molecular weight is 307 g/mol. The third kappa shape index (κ3) is 4.65. The van der Waals surface area contributed by atoms with Gasteiger partial charge in [-0.1, -0.05) is 24.9 Å². The predicted molar refractivity (Wildman–Crippen MR) is 76.8 cm³/mol. The Morgan fingerprint density at radius 2 is 2.16 bits per heavy atom. The van der Waals surface area contributed by atoms with E-state index in [0.29, 0.717) is 18.1 Å². The summed E-state index contributed by atoms with van der Waals surface area (Å²) in [5, 5.41) is 0.327. The van der Waals surface area contributed by atoms with E-state index in [-0.39, 0.29) is 16.6 Å². The fourth-order valence-electron chi connectivity index (χ4n) is 1.75. The van der Waals surface area contributed by atoms with Crippen LogP contribution in [0.3, 0.4) is 0 Å². The van der Waals surface area contributed by atoms with Crippen LogP contribution in [0.25, 0.3) is 0 Å². The summed E-state index contributed by atoms with van der Waals surface area (Å²) in [6, 6.07) is 4.09. The Kier molecular flexibility index (Phi) is 6.06. The molecule has 0 fully saturated rings. The van der Waals surface area contributed by atoms with E-state index in [2.05, 4.69) is 4.72 Å². The third-order valence-electron chi connectivity index (χ3n) is 2.59. The molecule has 1 atom stereocenters. The van der Waals surface area contributed by atoms with Gasteiger partial charge in [0.2, 0.25) is 10.0 Å². The van der Waals surface area contributed by atoms with Gasteiger partial charge in [0.25, 0.3) is 0 Å². The van der Waals surface area contributed by atoms with Crippen LogP contribution >= 0.6 is 11.6 Å². The Labute approximate surface area is 119 Å². The van der Waals surface area contributed by atoms with Gasteiger partial charge in [0.15, 0.2) is 0 Å². The Balaban J connectivity index is 2.99. The maximum Gasteiger partial charge on any atom is 0.242 e.